The fraction of sp³-hybridized carbons (Fsp3) is 0.917. The molecule has 1 fully saturated rings. The molecule has 0 unspecified atom stereocenters. The molecule has 19 heavy (non-hydrogen) atoms. The molecule has 0 bridgehead atoms. The first-order valence-corrected chi connectivity index (χ1v) is 6.47. The number of hydrogen-bond donors (Lipinski definition) is 2. The fourth-order valence-electron chi connectivity index (χ4n) is 1.67. The summed E-state index contributed by atoms with van der Waals surface area (Å²) in [5, 5.41) is 10.1. The first-order valence-electron chi connectivity index (χ1n) is 6.47. The summed E-state index contributed by atoms with van der Waals surface area (Å²) in [7, 11) is 0. The van der Waals surface area contributed by atoms with Crippen molar-refractivity contribution in [2.24, 2.45) is 0 Å². The third kappa shape index (κ3) is 6.05. The van der Waals surface area contributed by atoms with E-state index in [1.807, 2.05) is 0 Å². The number of esters is 1. The second-order valence-corrected chi connectivity index (χ2v) is 4.63. The summed E-state index contributed by atoms with van der Waals surface area (Å²) in [4.78, 5) is 11.5. The zero-order valence-corrected chi connectivity index (χ0v) is 12.3. The smallest absolute Gasteiger partial charge is 0.367 e. The van der Waals surface area contributed by atoms with Crippen molar-refractivity contribution < 1.29 is 42.3 Å². The van der Waals surface area contributed by atoms with Gasteiger partial charge in [0.05, 0.1) is 6.61 Å². The monoisotopic (exact) mass is 297 g/mol. The van der Waals surface area contributed by atoms with Crippen LogP contribution < -0.4 is 18.1 Å². The molecule has 1 aliphatic rings. The molecule has 0 aromatic heterocycles. The maximum absolute atomic E-state index is 11.5. The molecule has 6 nitrogen and oxygen atoms in total. The van der Waals surface area contributed by atoms with Crippen molar-refractivity contribution in [3.8, 4) is 0 Å². The van der Waals surface area contributed by atoms with Crippen molar-refractivity contribution in [2.75, 3.05) is 19.8 Å². The molecular formula is C12H24ClNO5. The molecule has 114 valence electrons. The van der Waals surface area contributed by atoms with Gasteiger partial charge in [0.2, 0.25) is 6.04 Å². The number of unbranched alkanes of at least 4 members (excludes halogenated alkanes) is 1. The summed E-state index contributed by atoms with van der Waals surface area (Å²) in [6.07, 6.45) is -0.0133. The molecule has 1 heterocycles. The lowest BCUT2D eigenvalue weighted by Gasteiger charge is -2.26. The van der Waals surface area contributed by atoms with E-state index in [2.05, 4.69) is 12.7 Å². The van der Waals surface area contributed by atoms with Crippen LogP contribution in [0.5, 0.6) is 0 Å². The maximum atomic E-state index is 11.5. The van der Waals surface area contributed by atoms with Crippen LogP contribution in [-0.4, -0.2) is 55.3 Å². The van der Waals surface area contributed by atoms with Crippen molar-refractivity contribution in [3.05, 3.63) is 0 Å². The number of halogens is 1. The highest BCUT2D eigenvalue weighted by atomic mass is 35.5. The number of cyclic esters (lactones) is 1. The number of quaternary nitrogens is 1. The van der Waals surface area contributed by atoms with E-state index in [0.717, 1.165) is 12.8 Å². The molecule has 1 aliphatic heterocycles. The van der Waals surface area contributed by atoms with E-state index in [1.165, 1.54) is 0 Å². The Hall–Kier alpha value is -0.400. The zero-order valence-electron chi connectivity index (χ0n) is 11.5. The second kappa shape index (κ2) is 9.50. The lowest BCUT2D eigenvalue weighted by molar-refractivity contribution is -0.415. The van der Waals surface area contributed by atoms with Gasteiger partial charge in [-0.3, -0.25) is 0 Å². The van der Waals surface area contributed by atoms with Gasteiger partial charge in [-0.1, -0.05) is 13.3 Å². The summed E-state index contributed by atoms with van der Waals surface area (Å²) in [6, 6.07) is -0.561. The van der Waals surface area contributed by atoms with Gasteiger partial charge in [-0.15, -0.1) is 0 Å². The normalized spacial score (nSPS) is 32.5. The molecule has 0 aliphatic carbocycles. The molecule has 0 aromatic carbocycles. The van der Waals surface area contributed by atoms with E-state index in [9.17, 15) is 9.90 Å². The van der Waals surface area contributed by atoms with E-state index >= 15 is 0 Å². The average Bonchev–Trinajstić information content (AvgIpc) is 2.38. The minimum Gasteiger partial charge on any atom is -1.00 e. The predicted molar refractivity (Wildman–Crippen MR) is 63.7 cm³/mol. The van der Waals surface area contributed by atoms with E-state index < -0.39 is 30.3 Å². The predicted octanol–water partition coefficient (Wildman–Crippen LogP) is -3.89. The molecule has 1 rings (SSSR count). The first-order chi connectivity index (χ1) is 8.56. The highest BCUT2D eigenvalue weighted by Gasteiger charge is 2.33. The van der Waals surface area contributed by atoms with Gasteiger partial charge in [0.25, 0.3) is 0 Å². The number of carbonyl (C=O) groups excluding carboxylic acids is 1. The van der Waals surface area contributed by atoms with Crippen LogP contribution in [-0.2, 0) is 19.0 Å². The minimum atomic E-state index is -0.879. The Bertz CT molecular complexity index is 267. The summed E-state index contributed by atoms with van der Waals surface area (Å²) in [5.41, 5.74) is 3.66. The Morgan fingerprint density at radius 2 is 2.16 bits per heavy atom. The largest absolute Gasteiger partial charge is 1.00 e. The highest BCUT2D eigenvalue weighted by molar-refractivity contribution is 5.74. The Kier molecular flexibility index (Phi) is 9.30. The van der Waals surface area contributed by atoms with Gasteiger partial charge in [-0.2, -0.15) is 0 Å². The number of ether oxygens (including phenoxy) is 3. The van der Waals surface area contributed by atoms with Gasteiger partial charge in [0.15, 0.2) is 0 Å². The minimum absolute atomic E-state index is 0. The number of aliphatic hydroxyl groups is 1. The third-order valence-electron chi connectivity index (χ3n) is 2.93. The summed E-state index contributed by atoms with van der Waals surface area (Å²) < 4.78 is 16.1. The van der Waals surface area contributed by atoms with Crippen molar-refractivity contribution in [1.29, 1.82) is 0 Å². The molecule has 0 radical (unpaired) electrons. The van der Waals surface area contributed by atoms with E-state index in [1.54, 1.807) is 6.92 Å². The van der Waals surface area contributed by atoms with Gasteiger partial charge in [0.1, 0.15) is 24.9 Å². The van der Waals surface area contributed by atoms with Gasteiger partial charge in [0, 0.05) is 6.61 Å². The number of aliphatic hydroxyl groups excluding tert-OH is 1. The van der Waals surface area contributed by atoms with Gasteiger partial charge in [-0.25, -0.2) is 4.79 Å². The molecular weight excluding hydrogens is 274 g/mol. The Balaban J connectivity index is 0.00000324. The maximum Gasteiger partial charge on any atom is 0.367 e. The number of rotatable bonds is 4. The number of carbonyl (C=O) groups is 1. The zero-order chi connectivity index (χ0) is 13.5. The summed E-state index contributed by atoms with van der Waals surface area (Å²) in [6.45, 7) is 4.72. The SMILES string of the molecule is CCCCO[C@H]1COC[C@H]([NH3+])C(=O)O[C@@H](C)[C@@H]1O.[Cl-]. The van der Waals surface area contributed by atoms with Gasteiger partial charge >= 0.3 is 5.97 Å². The highest BCUT2D eigenvalue weighted by Crippen LogP contribution is 2.12. The fourth-order valence-corrected chi connectivity index (χ4v) is 1.67. The second-order valence-electron chi connectivity index (χ2n) is 4.63. The van der Waals surface area contributed by atoms with E-state index in [-0.39, 0.29) is 25.6 Å². The topological polar surface area (TPSA) is 92.6 Å². The standard InChI is InChI=1S/C12H23NO5.ClH/c1-3-4-5-17-10-7-16-6-9(13)12(15)18-8(2)11(10)14;/h8-11,14H,3-7,13H2,1-2H3;1H/t8-,9-,10-,11-;/m0./s1. The summed E-state index contributed by atoms with van der Waals surface area (Å²) >= 11 is 0. The lowest BCUT2D eigenvalue weighted by atomic mass is 10.1. The molecule has 1 saturated heterocycles. The van der Waals surface area contributed by atoms with Crippen LogP contribution in [0.15, 0.2) is 0 Å². The van der Waals surface area contributed by atoms with Crippen molar-refractivity contribution in [2.45, 2.75) is 51.0 Å². The molecule has 0 spiro atoms. The van der Waals surface area contributed by atoms with Crippen LogP contribution in [0.3, 0.4) is 0 Å². The van der Waals surface area contributed by atoms with Gasteiger partial charge < -0.3 is 37.5 Å². The van der Waals surface area contributed by atoms with Crippen LogP contribution in [0.2, 0.25) is 0 Å². The van der Waals surface area contributed by atoms with Crippen LogP contribution >= 0.6 is 0 Å². The van der Waals surface area contributed by atoms with Crippen LogP contribution in [0.1, 0.15) is 26.7 Å². The molecule has 4 N–H and O–H groups in total. The van der Waals surface area contributed by atoms with Crippen LogP contribution in [0, 0.1) is 0 Å². The Morgan fingerprint density at radius 3 is 2.79 bits per heavy atom. The first kappa shape index (κ1) is 18.6. The Labute approximate surface area is 120 Å². The molecule has 0 saturated carbocycles. The molecule has 0 aromatic rings. The van der Waals surface area contributed by atoms with E-state index in [4.69, 9.17) is 14.2 Å². The molecule has 7 heteroatoms. The van der Waals surface area contributed by atoms with Crippen molar-refractivity contribution in [1.82, 2.24) is 0 Å². The lowest BCUT2D eigenvalue weighted by Crippen LogP contribution is -3.00. The summed E-state index contributed by atoms with van der Waals surface area (Å²) in [5.74, 6) is -0.448. The molecule has 0 amide bonds. The Morgan fingerprint density at radius 1 is 1.47 bits per heavy atom. The van der Waals surface area contributed by atoms with E-state index in [0.29, 0.717) is 6.61 Å². The third-order valence-corrected chi connectivity index (χ3v) is 2.93. The van der Waals surface area contributed by atoms with Crippen LogP contribution in [0.25, 0.3) is 0 Å². The van der Waals surface area contributed by atoms with Crippen LogP contribution in [0.4, 0.5) is 0 Å². The number of hydrogen-bond acceptors (Lipinski definition) is 5. The molecule has 4 atom stereocenters. The van der Waals surface area contributed by atoms with Crippen molar-refractivity contribution >= 4 is 5.97 Å². The van der Waals surface area contributed by atoms with Crippen molar-refractivity contribution in [3.63, 3.8) is 0 Å². The quantitative estimate of drug-likeness (QED) is 0.409. The van der Waals surface area contributed by atoms with Gasteiger partial charge in [-0.05, 0) is 13.3 Å². The average molecular weight is 298 g/mol.